The van der Waals surface area contributed by atoms with Crippen LogP contribution in [0.5, 0.6) is 0 Å². The van der Waals surface area contributed by atoms with Crippen molar-refractivity contribution >= 4 is 21.9 Å². The molecule has 0 radical (unpaired) electrons. The van der Waals surface area contributed by atoms with Crippen molar-refractivity contribution < 1.29 is 13.3 Å². The first-order valence-corrected chi connectivity index (χ1v) is 10.2. The smallest absolute Gasteiger partial charge is 0.240 e. The zero-order valence-corrected chi connectivity index (χ0v) is 16.2. The molecule has 1 aliphatic heterocycles. The van der Waals surface area contributed by atoms with Gasteiger partial charge in [-0.15, -0.1) is 20.0 Å². The van der Waals surface area contributed by atoms with E-state index in [2.05, 4.69) is 30.1 Å². The molecular weight excluding hydrogens is 370 g/mol. The molecule has 1 N–H and O–H groups in total. The third kappa shape index (κ3) is 3.33. The minimum absolute atomic E-state index is 0.124. The van der Waals surface area contributed by atoms with E-state index in [9.17, 15) is 8.76 Å². The summed E-state index contributed by atoms with van der Waals surface area (Å²) in [5, 5.41) is 16.4. The molecule has 4 rings (SSSR count). The molecule has 11 heteroatoms. The molecule has 2 unspecified atom stereocenters. The van der Waals surface area contributed by atoms with E-state index >= 15 is 0 Å². The molecule has 3 aromatic rings. The highest BCUT2D eigenvalue weighted by molar-refractivity contribution is 7.95. The van der Waals surface area contributed by atoms with Crippen LogP contribution in [0.1, 0.15) is 30.1 Å². The number of aryl methyl sites for hydroxylation is 3. The summed E-state index contributed by atoms with van der Waals surface area (Å²) >= 11 is 0. The number of piperidine rings is 1. The van der Waals surface area contributed by atoms with Gasteiger partial charge in [0.05, 0.1) is 6.04 Å². The summed E-state index contributed by atoms with van der Waals surface area (Å²) < 4.78 is 35.0. The van der Waals surface area contributed by atoms with Gasteiger partial charge in [-0.05, 0) is 38.8 Å². The van der Waals surface area contributed by atoms with E-state index in [1.807, 2.05) is 19.1 Å². The Hall–Kier alpha value is -2.37. The SMILES string of the molecule is Cc1noc(C)c1[S+](=O)([O-])NC1CCCN(c2ccc3nnc(C)n3n2)C1. The van der Waals surface area contributed by atoms with Crippen LogP contribution in [0.4, 0.5) is 5.82 Å². The third-order valence-electron chi connectivity index (χ3n) is 4.71. The lowest BCUT2D eigenvalue weighted by atomic mass is 10.1. The standard InChI is InChI=1S/C16H21N7O3S/c1-10-16(11(2)26-20-10)27(24,25)21-13-5-4-8-22(9-13)15-7-6-14-18-17-12(3)23(14)19-15/h6-7,13H,4-5,8-9H2,1-3H3,(H-,21,24,25). The zero-order valence-electron chi connectivity index (χ0n) is 15.4. The number of hydrogen-bond acceptors (Lipinski definition) is 8. The van der Waals surface area contributed by atoms with Crippen LogP contribution in [0.3, 0.4) is 0 Å². The molecule has 27 heavy (non-hydrogen) atoms. The van der Waals surface area contributed by atoms with Crippen LogP contribution in [0.2, 0.25) is 0 Å². The Labute approximate surface area is 157 Å². The lowest BCUT2D eigenvalue weighted by Crippen LogP contribution is -2.50. The Balaban J connectivity index is 1.54. The highest BCUT2D eigenvalue weighted by atomic mass is 32.3. The van der Waals surface area contributed by atoms with Gasteiger partial charge in [0, 0.05) is 20.0 Å². The molecule has 1 saturated heterocycles. The van der Waals surface area contributed by atoms with Gasteiger partial charge in [-0.3, -0.25) is 0 Å². The van der Waals surface area contributed by atoms with Crippen molar-refractivity contribution in [3.63, 3.8) is 0 Å². The Kier molecular flexibility index (Phi) is 4.44. The molecule has 0 saturated carbocycles. The zero-order chi connectivity index (χ0) is 19.2. The number of fused-ring (bicyclic) bond motifs is 1. The molecule has 2 atom stereocenters. The van der Waals surface area contributed by atoms with E-state index in [0.717, 1.165) is 25.2 Å². The van der Waals surface area contributed by atoms with E-state index in [4.69, 9.17) is 4.52 Å². The molecule has 1 aliphatic rings. The average Bonchev–Trinajstić information content (AvgIpc) is 3.17. The molecule has 0 aromatic carbocycles. The highest BCUT2D eigenvalue weighted by Crippen LogP contribution is 2.25. The second-order valence-electron chi connectivity index (χ2n) is 6.77. The molecule has 144 valence electrons. The summed E-state index contributed by atoms with van der Waals surface area (Å²) in [4.78, 5) is 2.20. The van der Waals surface area contributed by atoms with Gasteiger partial charge < -0.3 is 14.0 Å². The molecule has 0 spiro atoms. The normalized spacial score (nSPS) is 20.1. The minimum atomic E-state index is -3.69. The molecule has 0 aliphatic carbocycles. The van der Waals surface area contributed by atoms with Crippen molar-refractivity contribution in [2.24, 2.45) is 0 Å². The van der Waals surface area contributed by atoms with Gasteiger partial charge in [-0.25, -0.2) is 0 Å². The molecular formula is C16H21N7O3S. The number of nitrogens with one attached hydrogen (secondary N) is 1. The van der Waals surface area contributed by atoms with Crippen LogP contribution in [-0.2, 0) is 14.6 Å². The van der Waals surface area contributed by atoms with Crippen molar-refractivity contribution in [1.82, 2.24) is 29.7 Å². The summed E-state index contributed by atoms with van der Waals surface area (Å²) in [7, 11) is -3.69. The second kappa shape index (κ2) is 6.66. The minimum Gasteiger partial charge on any atom is -0.593 e. The summed E-state index contributed by atoms with van der Waals surface area (Å²) in [5.41, 5.74) is 1.05. The number of aromatic nitrogens is 5. The Morgan fingerprint density at radius 3 is 2.85 bits per heavy atom. The van der Waals surface area contributed by atoms with Gasteiger partial charge in [0.2, 0.25) is 4.90 Å². The first-order valence-electron chi connectivity index (χ1n) is 8.74. The fourth-order valence-corrected chi connectivity index (χ4v) is 5.06. The maximum absolute atomic E-state index is 12.8. The predicted octanol–water partition coefficient (Wildman–Crippen LogP) is 1.20. The predicted molar refractivity (Wildman–Crippen MR) is 97.0 cm³/mol. The quantitative estimate of drug-likeness (QED) is 0.658. The van der Waals surface area contributed by atoms with Gasteiger partial charge in [0.25, 0.3) is 0 Å². The van der Waals surface area contributed by atoms with Gasteiger partial charge >= 0.3 is 0 Å². The summed E-state index contributed by atoms with van der Waals surface area (Å²) in [6, 6.07) is 3.52. The van der Waals surface area contributed by atoms with E-state index in [-0.39, 0.29) is 10.9 Å². The van der Waals surface area contributed by atoms with Crippen LogP contribution in [0.15, 0.2) is 21.6 Å². The summed E-state index contributed by atoms with van der Waals surface area (Å²) in [5.74, 6) is 1.77. The van der Waals surface area contributed by atoms with Crippen molar-refractivity contribution in [2.45, 2.75) is 44.6 Å². The van der Waals surface area contributed by atoms with E-state index in [1.165, 1.54) is 0 Å². The average molecular weight is 391 g/mol. The lowest BCUT2D eigenvalue weighted by Gasteiger charge is -2.34. The highest BCUT2D eigenvalue weighted by Gasteiger charge is 2.34. The van der Waals surface area contributed by atoms with Crippen LogP contribution in [0.25, 0.3) is 5.65 Å². The van der Waals surface area contributed by atoms with Gasteiger partial charge in [-0.1, -0.05) is 9.37 Å². The topological polar surface area (TPSA) is 125 Å². The van der Waals surface area contributed by atoms with Gasteiger partial charge in [-0.2, -0.15) is 4.52 Å². The summed E-state index contributed by atoms with van der Waals surface area (Å²) in [6.07, 6.45) is 1.61. The first kappa shape index (κ1) is 18.0. The Morgan fingerprint density at radius 1 is 1.30 bits per heavy atom. The number of sulfonamides is 1. The molecule has 0 amide bonds. The molecule has 0 bridgehead atoms. The van der Waals surface area contributed by atoms with Crippen LogP contribution in [0, 0.1) is 20.8 Å². The summed E-state index contributed by atoms with van der Waals surface area (Å²) in [6.45, 7) is 6.40. The molecule has 10 nitrogen and oxygen atoms in total. The molecule has 1 fully saturated rings. The van der Waals surface area contributed by atoms with Crippen molar-refractivity contribution in [1.29, 1.82) is 0 Å². The number of rotatable bonds is 4. The Bertz CT molecular complexity index is 1010. The largest absolute Gasteiger partial charge is 0.593 e. The monoisotopic (exact) mass is 391 g/mol. The number of hydrogen-bond donors (Lipinski definition) is 1. The van der Waals surface area contributed by atoms with Crippen LogP contribution in [-0.4, -0.2) is 48.7 Å². The lowest BCUT2D eigenvalue weighted by molar-refractivity contribution is 0.388. The fraction of sp³-hybridized carbons (Fsp3) is 0.500. The van der Waals surface area contributed by atoms with Crippen LogP contribution < -0.4 is 9.62 Å². The second-order valence-corrected chi connectivity index (χ2v) is 8.42. The third-order valence-corrected chi connectivity index (χ3v) is 6.47. The van der Waals surface area contributed by atoms with Crippen molar-refractivity contribution in [3.05, 3.63) is 29.4 Å². The van der Waals surface area contributed by atoms with Crippen molar-refractivity contribution in [2.75, 3.05) is 18.0 Å². The maximum atomic E-state index is 12.8. The van der Waals surface area contributed by atoms with E-state index in [1.54, 1.807) is 18.4 Å². The number of nitrogens with zero attached hydrogens (tertiary/aromatic N) is 6. The van der Waals surface area contributed by atoms with Gasteiger partial charge in [0.15, 0.2) is 27.6 Å². The van der Waals surface area contributed by atoms with Crippen LogP contribution >= 0.6 is 0 Å². The van der Waals surface area contributed by atoms with E-state index in [0.29, 0.717) is 29.5 Å². The molecule has 3 aromatic heterocycles. The number of anilines is 1. The fourth-order valence-electron chi connectivity index (χ4n) is 3.47. The Morgan fingerprint density at radius 2 is 2.11 bits per heavy atom. The molecule has 4 heterocycles. The first-order chi connectivity index (χ1) is 12.8. The van der Waals surface area contributed by atoms with Crippen molar-refractivity contribution in [3.8, 4) is 0 Å². The van der Waals surface area contributed by atoms with Gasteiger partial charge in [0.1, 0.15) is 11.5 Å². The maximum Gasteiger partial charge on any atom is 0.240 e. The van der Waals surface area contributed by atoms with E-state index < -0.39 is 10.4 Å².